The molecule has 1 unspecified atom stereocenters. The summed E-state index contributed by atoms with van der Waals surface area (Å²) in [4.78, 5) is 11.1. The van der Waals surface area contributed by atoms with E-state index in [1.54, 1.807) is 7.11 Å². The van der Waals surface area contributed by atoms with Crippen molar-refractivity contribution in [3.05, 3.63) is 24.3 Å². The second-order valence-corrected chi connectivity index (χ2v) is 4.44. The smallest absolute Gasteiger partial charge is 0.160 e. The fourth-order valence-electron chi connectivity index (χ4n) is 2.33. The van der Waals surface area contributed by atoms with Crippen LogP contribution in [0.1, 0.15) is 25.7 Å². The number of carbonyl (C=O) groups is 1. The molecule has 0 saturated heterocycles. The number of hydrogen-bond acceptors (Lipinski definition) is 3. The van der Waals surface area contributed by atoms with Gasteiger partial charge in [0, 0.05) is 5.92 Å². The fraction of sp³-hybridized carbons (Fsp3) is 0.500. The largest absolute Gasteiger partial charge is 0.497 e. The number of rotatable bonds is 5. The highest BCUT2D eigenvalue weighted by molar-refractivity contribution is 5.57. The van der Waals surface area contributed by atoms with E-state index in [9.17, 15) is 4.79 Å². The fourth-order valence-corrected chi connectivity index (χ4v) is 2.33. The lowest BCUT2D eigenvalue weighted by Gasteiger charge is -2.19. The molecule has 1 aliphatic carbocycles. The maximum Gasteiger partial charge on any atom is 0.160 e. The van der Waals surface area contributed by atoms with Gasteiger partial charge in [0.1, 0.15) is 11.5 Å². The summed E-state index contributed by atoms with van der Waals surface area (Å²) in [7, 11) is 1.63. The van der Waals surface area contributed by atoms with Gasteiger partial charge in [0.05, 0.1) is 7.11 Å². The van der Waals surface area contributed by atoms with Crippen LogP contribution < -0.4 is 9.47 Å². The SMILES string of the molecule is COc1ccc(OC(C=O)C2CCCC2)cc1. The van der Waals surface area contributed by atoms with Gasteiger partial charge >= 0.3 is 0 Å². The van der Waals surface area contributed by atoms with E-state index in [4.69, 9.17) is 9.47 Å². The van der Waals surface area contributed by atoms with E-state index in [0.717, 1.165) is 30.6 Å². The van der Waals surface area contributed by atoms with Gasteiger partial charge < -0.3 is 9.47 Å². The van der Waals surface area contributed by atoms with E-state index < -0.39 is 0 Å². The summed E-state index contributed by atoms with van der Waals surface area (Å²) in [5.41, 5.74) is 0. The summed E-state index contributed by atoms with van der Waals surface area (Å²) in [6.07, 6.45) is 5.24. The van der Waals surface area contributed by atoms with Gasteiger partial charge in [-0.05, 0) is 37.1 Å². The summed E-state index contributed by atoms with van der Waals surface area (Å²) < 4.78 is 10.8. The Bertz CT molecular complexity index is 352. The molecule has 0 radical (unpaired) electrons. The molecule has 0 amide bonds. The molecule has 1 saturated carbocycles. The Morgan fingerprint density at radius 3 is 2.29 bits per heavy atom. The summed E-state index contributed by atoms with van der Waals surface area (Å²) in [6.45, 7) is 0. The third-order valence-corrected chi connectivity index (χ3v) is 3.33. The minimum absolute atomic E-state index is 0.300. The van der Waals surface area contributed by atoms with Crippen LogP contribution in [0.2, 0.25) is 0 Å². The number of ether oxygens (including phenoxy) is 2. The first-order valence-corrected chi connectivity index (χ1v) is 6.09. The highest BCUT2D eigenvalue weighted by Gasteiger charge is 2.26. The lowest BCUT2D eigenvalue weighted by Crippen LogP contribution is -2.26. The first-order valence-electron chi connectivity index (χ1n) is 6.09. The molecular formula is C14H18O3. The van der Waals surface area contributed by atoms with Gasteiger partial charge in [-0.15, -0.1) is 0 Å². The van der Waals surface area contributed by atoms with Crippen LogP contribution >= 0.6 is 0 Å². The van der Waals surface area contributed by atoms with Gasteiger partial charge in [0.25, 0.3) is 0 Å². The summed E-state index contributed by atoms with van der Waals surface area (Å²) >= 11 is 0. The van der Waals surface area contributed by atoms with Gasteiger partial charge in [-0.25, -0.2) is 0 Å². The molecule has 1 fully saturated rings. The highest BCUT2D eigenvalue weighted by atomic mass is 16.5. The van der Waals surface area contributed by atoms with Gasteiger partial charge in [0.2, 0.25) is 0 Å². The van der Waals surface area contributed by atoms with Crippen LogP contribution in [0, 0.1) is 5.92 Å². The van der Waals surface area contributed by atoms with Gasteiger partial charge in [-0.3, -0.25) is 4.79 Å². The molecule has 0 spiro atoms. The van der Waals surface area contributed by atoms with Crippen molar-refractivity contribution in [3.63, 3.8) is 0 Å². The zero-order valence-corrected chi connectivity index (χ0v) is 10.1. The van der Waals surface area contributed by atoms with Crippen molar-refractivity contribution in [2.45, 2.75) is 31.8 Å². The minimum Gasteiger partial charge on any atom is -0.497 e. The normalized spacial score (nSPS) is 17.7. The van der Waals surface area contributed by atoms with Crippen LogP contribution in [0.4, 0.5) is 0 Å². The Kier molecular flexibility index (Phi) is 4.02. The van der Waals surface area contributed by atoms with Crippen LogP contribution in [0.3, 0.4) is 0 Å². The predicted molar refractivity (Wildman–Crippen MR) is 65.4 cm³/mol. The third kappa shape index (κ3) is 2.99. The monoisotopic (exact) mass is 234 g/mol. The quantitative estimate of drug-likeness (QED) is 0.735. The standard InChI is InChI=1S/C14H18O3/c1-16-12-6-8-13(9-7-12)17-14(10-15)11-4-2-3-5-11/h6-11,14H,2-5H2,1H3. The second-order valence-electron chi connectivity index (χ2n) is 4.44. The zero-order valence-electron chi connectivity index (χ0n) is 10.1. The Hall–Kier alpha value is -1.51. The average Bonchev–Trinajstić information content (AvgIpc) is 2.90. The molecule has 92 valence electrons. The average molecular weight is 234 g/mol. The number of benzene rings is 1. The molecule has 0 N–H and O–H groups in total. The molecule has 0 heterocycles. The molecule has 0 aliphatic heterocycles. The third-order valence-electron chi connectivity index (χ3n) is 3.33. The van der Waals surface area contributed by atoms with Crippen LogP contribution in [-0.2, 0) is 4.79 Å². The van der Waals surface area contributed by atoms with Gasteiger partial charge in [-0.2, -0.15) is 0 Å². The Morgan fingerprint density at radius 2 is 1.76 bits per heavy atom. The second kappa shape index (κ2) is 5.71. The molecule has 2 rings (SSSR count). The zero-order chi connectivity index (χ0) is 12.1. The summed E-state index contributed by atoms with van der Waals surface area (Å²) in [5.74, 6) is 1.91. The van der Waals surface area contributed by atoms with Crippen molar-refractivity contribution in [2.75, 3.05) is 7.11 Å². The topological polar surface area (TPSA) is 35.5 Å². The lowest BCUT2D eigenvalue weighted by molar-refractivity contribution is -0.115. The number of aldehydes is 1. The van der Waals surface area contributed by atoms with Crippen LogP contribution in [-0.4, -0.2) is 19.5 Å². The van der Waals surface area contributed by atoms with Crippen LogP contribution in [0.15, 0.2) is 24.3 Å². The predicted octanol–water partition coefficient (Wildman–Crippen LogP) is 2.83. The highest BCUT2D eigenvalue weighted by Crippen LogP contribution is 2.29. The van der Waals surface area contributed by atoms with Crippen molar-refractivity contribution < 1.29 is 14.3 Å². The molecule has 3 nitrogen and oxygen atoms in total. The molecule has 0 bridgehead atoms. The number of carbonyl (C=O) groups excluding carboxylic acids is 1. The maximum absolute atomic E-state index is 11.1. The van der Waals surface area contributed by atoms with Crippen molar-refractivity contribution in [2.24, 2.45) is 5.92 Å². The molecular weight excluding hydrogens is 216 g/mol. The molecule has 1 atom stereocenters. The van der Waals surface area contributed by atoms with Crippen molar-refractivity contribution >= 4 is 6.29 Å². The lowest BCUT2D eigenvalue weighted by atomic mass is 10.0. The summed E-state index contributed by atoms with van der Waals surface area (Å²) in [6, 6.07) is 7.35. The molecule has 3 heteroatoms. The minimum atomic E-state index is -0.300. The van der Waals surface area contributed by atoms with E-state index in [0.29, 0.717) is 5.92 Å². The maximum atomic E-state index is 11.1. The van der Waals surface area contributed by atoms with E-state index in [-0.39, 0.29) is 6.10 Å². The molecule has 17 heavy (non-hydrogen) atoms. The van der Waals surface area contributed by atoms with Gasteiger partial charge in [0.15, 0.2) is 12.4 Å². The molecule has 1 aliphatic rings. The van der Waals surface area contributed by atoms with E-state index in [1.807, 2.05) is 24.3 Å². The number of hydrogen-bond donors (Lipinski definition) is 0. The van der Waals surface area contributed by atoms with E-state index in [1.165, 1.54) is 12.8 Å². The van der Waals surface area contributed by atoms with E-state index in [2.05, 4.69) is 0 Å². The van der Waals surface area contributed by atoms with Crippen LogP contribution in [0.25, 0.3) is 0 Å². The molecule has 0 aromatic heterocycles. The summed E-state index contributed by atoms with van der Waals surface area (Å²) in [5, 5.41) is 0. The number of methoxy groups -OCH3 is 1. The van der Waals surface area contributed by atoms with Crippen molar-refractivity contribution in [1.29, 1.82) is 0 Å². The first kappa shape index (κ1) is 12.0. The Morgan fingerprint density at radius 1 is 1.18 bits per heavy atom. The molecule has 1 aromatic rings. The van der Waals surface area contributed by atoms with Gasteiger partial charge in [-0.1, -0.05) is 12.8 Å². The van der Waals surface area contributed by atoms with Crippen molar-refractivity contribution in [1.82, 2.24) is 0 Å². The Balaban J connectivity index is 1.99. The van der Waals surface area contributed by atoms with E-state index >= 15 is 0 Å². The molecule has 1 aromatic carbocycles. The Labute approximate surface area is 102 Å². The van der Waals surface area contributed by atoms with Crippen molar-refractivity contribution in [3.8, 4) is 11.5 Å². The first-order chi connectivity index (χ1) is 8.33. The van der Waals surface area contributed by atoms with Crippen LogP contribution in [0.5, 0.6) is 11.5 Å².